The third-order valence-corrected chi connectivity index (χ3v) is 1.95. The molecule has 1 aromatic carbocycles. The highest BCUT2D eigenvalue weighted by atomic mass is 16.3. The molecule has 1 aromatic rings. The zero-order valence-electron chi connectivity index (χ0n) is 8.77. The molecule has 3 heteroatoms. The van der Waals surface area contributed by atoms with Crippen LogP contribution in [-0.2, 0) is 0 Å². The highest BCUT2D eigenvalue weighted by molar-refractivity contribution is 5.88. The van der Waals surface area contributed by atoms with Crippen LogP contribution in [0.2, 0.25) is 0 Å². The summed E-state index contributed by atoms with van der Waals surface area (Å²) in [6.07, 6.45) is 0. The van der Waals surface area contributed by atoms with Gasteiger partial charge < -0.3 is 10.0 Å². The van der Waals surface area contributed by atoms with Crippen LogP contribution in [0.3, 0.4) is 0 Å². The van der Waals surface area contributed by atoms with Crippen molar-refractivity contribution in [3.63, 3.8) is 0 Å². The molecule has 0 aliphatic rings. The molecular formula is C11H15N2O-. The number of para-hydroxylation sites is 1. The van der Waals surface area contributed by atoms with E-state index in [4.69, 9.17) is 0 Å². The van der Waals surface area contributed by atoms with Crippen molar-refractivity contribution in [3.8, 4) is 0 Å². The molecule has 0 atom stereocenters. The number of anilines is 1. The number of amidine groups is 1. The van der Waals surface area contributed by atoms with Gasteiger partial charge in [0.1, 0.15) is 0 Å². The predicted molar refractivity (Wildman–Crippen MR) is 57.4 cm³/mol. The summed E-state index contributed by atoms with van der Waals surface area (Å²) in [6.45, 7) is 3.94. The van der Waals surface area contributed by atoms with Crippen LogP contribution >= 0.6 is 0 Å². The monoisotopic (exact) mass is 191 g/mol. The number of hydrogen-bond acceptors (Lipinski definition) is 2. The first-order valence-corrected chi connectivity index (χ1v) is 4.65. The van der Waals surface area contributed by atoms with E-state index >= 15 is 0 Å². The molecule has 1 rings (SSSR count). The Kier molecular flexibility index (Phi) is 3.51. The molecule has 0 aromatic heterocycles. The summed E-state index contributed by atoms with van der Waals surface area (Å²) in [6, 6.07) is 9.48. The minimum atomic E-state index is -0.203. The van der Waals surface area contributed by atoms with Gasteiger partial charge in [0.25, 0.3) is 0 Å². The maximum absolute atomic E-state index is 11.5. The van der Waals surface area contributed by atoms with E-state index in [9.17, 15) is 5.11 Å². The minimum Gasteiger partial charge on any atom is -0.846 e. The van der Waals surface area contributed by atoms with Gasteiger partial charge >= 0.3 is 0 Å². The first kappa shape index (κ1) is 10.6. The van der Waals surface area contributed by atoms with Gasteiger partial charge in [0.2, 0.25) is 0 Å². The van der Waals surface area contributed by atoms with Crippen molar-refractivity contribution in [2.24, 2.45) is 4.99 Å². The van der Waals surface area contributed by atoms with E-state index in [1.807, 2.05) is 44.2 Å². The van der Waals surface area contributed by atoms with Gasteiger partial charge in [-0.15, -0.1) is 0 Å². The van der Waals surface area contributed by atoms with Gasteiger partial charge in [0.15, 0.2) is 0 Å². The Labute approximate surface area is 84.7 Å². The van der Waals surface area contributed by atoms with Gasteiger partial charge in [-0.3, -0.25) is 4.99 Å². The molecule has 0 heterocycles. The SMILES string of the molecule is CN=C([O-])N(c1ccccc1)C(C)C. The summed E-state index contributed by atoms with van der Waals surface area (Å²) in [4.78, 5) is 5.34. The fraction of sp³-hybridized carbons (Fsp3) is 0.364. The first-order chi connectivity index (χ1) is 6.66. The maximum atomic E-state index is 11.5. The highest BCUT2D eigenvalue weighted by Gasteiger charge is 2.09. The van der Waals surface area contributed by atoms with E-state index in [2.05, 4.69) is 4.99 Å². The lowest BCUT2D eigenvalue weighted by Gasteiger charge is -2.33. The van der Waals surface area contributed by atoms with Gasteiger partial charge in [-0.25, -0.2) is 0 Å². The molecule has 3 nitrogen and oxygen atoms in total. The summed E-state index contributed by atoms with van der Waals surface area (Å²) in [5.74, 6) is 0. The van der Waals surface area contributed by atoms with Crippen LogP contribution in [0.15, 0.2) is 35.3 Å². The lowest BCUT2D eigenvalue weighted by atomic mass is 10.2. The summed E-state index contributed by atoms with van der Waals surface area (Å²) in [5, 5.41) is 11.5. The number of aliphatic imine (C=N–C) groups is 1. The zero-order chi connectivity index (χ0) is 10.6. The molecule has 0 aliphatic heterocycles. The van der Waals surface area contributed by atoms with Crippen molar-refractivity contribution in [1.82, 2.24) is 0 Å². The van der Waals surface area contributed by atoms with E-state index in [0.29, 0.717) is 0 Å². The summed E-state index contributed by atoms with van der Waals surface area (Å²) >= 11 is 0. The van der Waals surface area contributed by atoms with E-state index in [0.717, 1.165) is 5.69 Å². The second-order valence-corrected chi connectivity index (χ2v) is 3.31. The maximum Gasteiger partial charge on any atom is 0.0543 e. The molecule has 0 unspecified atom stereocenters. The van der Waals surface area contributed by atoms with Crippen molar-refractivity contribution in [3.05, 3.63) is 30.3 Å². The lowest BCUT2D eigenvalue weighted by Crippen LogP contribution is -2.44. The number of hydrogen-bond donors (Lipinski definition) is 0. The second-order valence-electron chi connectivity index (χ2n) is 3.31. The Hall–Kier alpha value is -1.51. The topological polar surface area (TPSA) is 38.7 Å². The average molecular weight is 191 g/mol. The summed E-state index contributed by atoms with van der Waals surface area (Å²) < 4.78 is 0. The van der Waals surface area contributed by atoms with Crippen LogP contribution in [0.4, 0.5) is 5.69 Å². The Morgan fingerprint density at radius 1 is 1.29 bits per heavy atom. The highest BCUT2D eigenvalue weighted by Crippen LogP contribution is 2.15. The Balaban J connectivity index is 3.01. The van der Waals surface area contributed by atoms with E-state index < -0.39 is 0 Å². The van der Waals surface area contributed by atoms with Crippen LogP contribution in [0, 0.1) is 0 Å². The molecule has 0 fully saturated rings. The Morgan fingerprint density at radius 2 is 1.86 bits per heavy atom. The molecule has 0 spiro atoms. The fourth-order valence-electron chi connectivity index (χ4n) is 1.33. The van der Waals surface area contributed by atoms with Gasteiger partial charge in [0.05, 0.1) is 6.02 Å². The molecule has 0 amide bonds. The van der Waals surface area contributed by atoms with Crippen molar-refractivity contribution in [2.75, 3.05) is 11.9 Å². The van der Waals surface area contributed by atoms with Crippen LogP contribution in [0.1, 0.15) is 13.8 Å². The fourth-order valence-corrected chi connectivity index (χ4v) is 1.33. The smallest absolute Gasteiger partial charge is 0.0543 e. The van der Waals surface area contributed by atoms with Crippen LogP contribution in [0.25, 0.3) is 0 Å². The van der Waals surface area contributed by atoms with Gasteiger partial charge in [-0.1, -0.05) is 18.2 Å². The average Bonchev–Trinajstić information content (AvgIpc) is 2.19. The van der Waals surface area contributed by atoms with E-state index in [1.54, 1.807) is 4.90 Å². The van der Waals surface area contributed by atoms with Crippen LogP contribution < -0.4 is 10.0 Å². The predicted octanol–water partition coefficient (Wildman–Crippen LogP) is 1.25. The third-order valence-electron chi connectivity index (χ3n) is 1.95. The van der Waals surface area contributed by atoms with Gasteiger partial charge in [-0.2, -0.15) is 0 Å². The Morgan fingerprint density at radius 3 is 2.29 bits per heavy atom. The molecule has 0 radical (unpaired) electrons. The van der Waals surface area contributed by atoms with E-state index in [-0.39, 0.29) is 12.1 Å². The summed E-state index contributed by atoms with van der Waals surface area (Å²) in [7, 11) is 1.51. The molecule has 14 heavy (non-hydrogen) atoms. The standard InChI is InChI=1S/C11H16N2O/c1-9(2)13(11(14)12-3)10-7-5-4-6-8-10/h4-9H,1-3H3,(H,12,14)/p-1. The largest absolute Gasteiger partial charge is 0.846 e. The van der Waals surface area contributed by atoms with Gasteiger partial charge in [-0.05, 0) is 26.0 Å². The number of nitrogens with zero attached hydrogens (tertiary/aromatic N) is 2. The first-order valence-electron chi connectivity index (χ1n) is 4.65. The minimum absolute atomic E-state index is 0.119. The zero-order valence-corrected chi connectivity index (χ0v) is 8.77. The lowest BCUT2D eigenvalue weighted by molar-refractivity contribution is -0.218. The molecular weight excluding hydrogens is 176 g/mol. The van der Waals surface area contributed by atoms with Crippen molar-refractivity contribution in [1.29, 1.82) is 0 Å². The second kappa shape index (κ2) is 4.65. The Bertz CT molecular complexity index is 306. The molecule has 0 bridgehead atoms. The van der Waals surface area contributed by atoms with Crippen molar-refractivity contribution in [2.45, 2.75) is 19.9 Å². The normalized spacial score (nSPS) is 11.9. The molecule has 0 aliphatic carbocycles. The van der Waals surface area contributed by atoms with E-state index in [1.165, 1.54) is 7.05 Å². The number of rotatable bonds is 2. The number of benzene rings is 1. The molecule has 0 saturated carbocycles. The van der Waals surface area contributed by atoms with Gasteiger partial charge in [0, 0.05) is 18.8 Å². The summed E-state index contributed by atoms with van der Waals surface area (Å²) in [5.41, 5.74) is 0.887. The van der Waals surface area contributed by atoms with Crippen LogP contribution in [0.5, 0.6) is 0 Å². The molecule has 0 N–H and O–H groups in total. The van der Waals surface area contributed by atoms with Crippen molar-refractivity contribution < 1.29 is 5.11 Å². The quantitative estimate of drug-likeness (QED) is 0.521. The molecule has 0 saturated heterocycles. The van der Waals surface area contributed by atoms with Crippen molar-refractivity contribution >= 4 is 11.7 Å². The third kappa shape index (κ3) is 2.25. The van der Waals surface area contributed by atoms with Crippen LogP contribution in [-0.4, -0.2) is 19.1 Å². The molecule has 76 valence electrons.